The largest absolute Gasteiger partial charge is 0.492 e. The summed E-state index contributed by atoms with van der Waals surface area (Å²) in [6.07, 6.45) is 1.46. The Kier molecular flexibility index (Phi) is 6.07. The van der Waals surface area contributed by atoms with E-state index < -0.39 is 0 Å². The highest BCUT2D eigenvalue weighted by Crippen LogP contribution is 2.21. The quantitative estimate of drug-likeness (QED) is 0.831. The van der Waals surface area contributed by atoms with Crippen LogP contribution in [0.3, 0.4) is 0 Å². The van der Waals surface area contributed by atoms with Gasteiger partial charge in [0, 0.05) is 39.3 Å². The molecule has 6 nitrogen and oxygen atoms in total. The minimum absolute atomic E-state index is 0.0513. The topological polar surface area (TPSA) is 68.0 Å². The molecule has 1 aromatic carbocycles. The van der Waals surface area contributed by atoms with Crippen LogP contribution in [0.15, 0.2) is 30.3 Å². The van der Waals surface area contributed by atoms with E-state index in [2.05, 4.69) is 4.90 Å². The second-order valence-electron chi connectivity index (χ2n) is 6.39. The molecule has 0 unspecified atom stereocenters. The molecule has 2 saturated heterocycles. The zero-order valence-corrected chi connectivity index (χ0v) is 14.1. The van der Waals surface area contributed by atoms with Crippen LogP contribution in [-0.4, -0.2) is 73.8 Å². The fourth-order valence-electron chi connectivity index (χ4n) is 3.27. The van der Waals surface area contributed by atoms with E-state index in [4.69, 9.17) is 15.2 Å². The lowest BCUT2D eigenvalue weighted by Gasteiger charge is -2.35. The fourth-order valence-corrected chi connectivity index (χ4v) is 3.27. The molecular formula is C18H27N3O3. The average molecular weight is 333 g/mol. The Labute approximate surface area is 143 Å². The molecule has 0 bridgehead atoms. The first-order valence-electron chi connectivity index (χ1n) is 8.81. The van der Waals surface area contributed by atoms with Crippen molar-refractivity contribution in [2.75, 3.05) is 45.9 Å². The molecule has 24 heavy (non-hydrogen) atoms. The van der Waals surface area contributed by atoms with Crippen LogP contribution in [-0.2, 0) is 9.53 Å². The van der Waals surface area contributed by atoms with Crippen LogP contribution in [0.25, 0.3) is 0 Å². The van der Waals surface area contributed by atoms with Crippen molar-refractivity contribution in [2.45, 2.75) is 25.0 Å². The molecule has 0 radical (unpaired) electrons. The second-order valence-corrected chi connectivity index (χ2v) is 6.39. The van der Waals surface area contributed by atoms with Gasteiger partial charge in [0.05, 0.1) is 6.10 Å². The molecule has 2 heterocycles. The molecule has 2 atom stereocenters. The number of benzene rings is 1. The van der Waals surface area contributed by atoms with E-state index in [1.807, 2.05) is 35.2 Å². The number of nitrogens with zero attached hydrogens (tertiary/aromatic N) is 2. The molecule has 2 aliphatic rings. The third-order valence-corrected chi connectivity index (χ3v) is 4.75. The maximum atomic E-state index is 12.5. The Morgan fingerprint density at radius 1 is 1.17 bits per heavy atom. The van der Waals surface area contributed by atoms with Crippen LogP contribution >= 0.6 is 0 Å². The summed E-state index contributed by atoms with van der Waals surface area (Å²) in [6.45, 7) is 5.34. The van der Waals surface area contributed by atoms with Gasteiger partial charge in [-0.25, -0.2) is 0 Å². The number of para-hydroxylation sites is 1. The fraction of sp³-hybridized carbons (Fsp3) is 0.611. The predicted octanol–water partition coefficient (Wildman–Crippen LogP) is 0.716. The molecule has 2 fully saturated rings. The van der Waals surface area contributed by atoms with Crippen LogP contribution in [0.5, 0.6) is 5.75 Å². The minimum atomic E-state index is -0.286. The number of nitrogens with two attached hydrogens (primary N) is 1. The lowest BCUT2D eigenvalue weighted by Crippen LogP contribution is -2.52. The first-order valence-corrected chi connectivity index (χ1v) is 8.81. The molecule has 1 aromatic rings. The van der Waals surface area contributed by atoms with Gasteiger partial charge in [0.1, 0.15) is 18.5 Å². The number of carbonyl (C=O) groups excluding carboxylic acids is 1. The van der Waals surface area contributed by atoms with Gasteiger partial charge in [-0.05, 0) is 25.0 Å². The highest BCUT2D eigenvalue weighted by Gasteiger charge is 2.33. The normalized spacial score (nSPS) is 25.0. The monoisotopic (exact) mass is 333 g/mol. The van der Waals surface area contributed by atoms with Gasteiger partial charge in [0.2, 0.25) is 0 Å². The van der Waals surface area contributed by atoms with E-state index in [9.17, 15) is 4.79 Å². The average Bonchev–Trinajstić information content (AvgIpc) is 3.12. The van der Waals surface area contributed by atoms with Gasteiger partial charge in [-0.15, -0.1) is 0 Å². The summed E-state index contributed by atoms with van der Waals surface area (Å²) in [4.78, 5) is 16.8. The Hall–Kier alpha value is -1.63. The number of amides is 1. The summed E-state index contributed by atoms with van der Waals surface area (Å²) < 4.78 is 11.5. The van der Waals surface area contributed by atoms with Gasteiger partial charge in [0.25, 0.3) is 5.91 Å². The zero-order valence-electron chi connectivity index (χ0n) is 14.1. The van der Waals surface area contributed by atoms with E-state index in [-0.39, 0.29) is 18.1 Å². The van der Waals surface area contributed by atoms with E-state index >= 15 is 0 Å². The predicted molar refractivity (Wildman–Crippen MR) is 91.9 cm³/mol. The summed E-state index contributed by atoms with van der Waals surface area (Å²) in [5.74, 6) is 1.03. The van der Waals surface area contributed by atoms with Crippen LogP contribution < -0.4 is 10.5 Å². The third kappa shape index (κ3) is 4.47. The highest BCUT2D eigenvalue weighted by atomic mass is 16.5. The Bertz CT molecular complexity index is 518. The number of piperazine rings is 1. The van der Waals surface area contributed by atoms with Gasteiger partial charge in [0.15, 0.2) is 0 Å². The van der Waals surface area contributed by atoms with Crippen LogP contribution in [0, 0.1) is 0 Å². The molecule has 0 aromatic heterocycles. The SMILES string of the molecule is NC[C@H]1CC[C@@H](C(=O)N2CCN(CCOc3ccccc3)CC2)O1. The van der Waals surface area contributed by atoms with Crippen molar-refractivity contribution in [3.05, 3.63) is 30.3 Å². The highest BCUT2D eigenvalue weighted by molar-refractivity contribution is 5.81. The van der Waals surface area contributed by atoms with E-state index in [0.29, 0.717) is 13.2 Å². The Morgan fingerprint density at radius 2 is 1.92 bits per heavy atom. The summed E-state index contributed by atoms with van der Waals surface area (Å²) in [7, 11) is 0. The van der Waals surface area contributed by atoms with E-state index in [1.54, 1.807) is 0 Å². The second kappa shape index (κ2) is 8.46. The van der Waals surface area contributed by atoms with Crippen molar-refractivity contribution < 1.29 is 14.3 Å². The first kappa shape index (κ1) is 17.2. The number of carbonyl (C=O) groups is 1. The van der Waals surface area contributed by atoms with Crippen LogP contribution in [0.2, 0.25) is 0 Å². The molecule has 2 N–H and O–H groups in total. The molecule has 0 aliphatic carbocycles. The summed E-state index contributed by atoms with van der Waals surface area (Å²) in [5, 5.41) is 0. The smallest absolute Gasteiger partial charge is 0.251 e. The molecule has 132 valence electrons. The van der Waals surface area contributed by atoms with E-state index in [1.165, 1.54) is 0 Å². The number of rotatable bonds is 6. The molecule has 0 saturated carbocycles. The lowest BCUT2D eigenvalue weighted by atomic mass is 10.1. The summed E-state index contributed by atoms with van der Waals surface area (Å²) in [5.41, 5.74) is 5.61. The van der Waals surface area contributed by atoms with Crippen molar-refractivity contribution in [3.8, 4) is 5.75 Å². The van der Waals surface area contributed by atoms with Gasteiger partial charge in [-0.2, -0.15) is 0 Å². The Morgan fingerprint density at radius 3 is 2.58 bits per heavy atom. The van der Waals surface area contributed by atoms with Gasteiger partial charge < -0.3 is 20.1 Å². The first-order chi connectivity index (χ1) is 11.8. The number of hydrogen-bond donors (Lipinski definition) is 1. The molecule has 0 spiro atoms. The third-order valence-electron chi connectivity index (χ3n) is 4.75. The van der Waals surface area contributed by atoms with Crippen molar-refractivity contribution >= 4 is 5.91 Å². The van der Waals surface area contributed by atoms with Gasteiger partial charge in [-0.3, -0.25) is 9.69 Å². The summed E-state index contributed by atoms with van der Waals surface area (Å²) >= 11 is 0. The molecule has 6 heteroatoms. The van der Waals surface area contributed by atoms with Crippen molar-refractivity contribution in [1.29, 1.82) is 0 Å². The van der Waals surface area contributed by atoms with Crippen molar-refractivity contribution in [1.82, 2.24) is 9.80 Å². The Balaban J connectivity index is 1.36. The number of hydrogen-bond acceptors (Lipinski definition) is 5. The number of ether oxygens (including phenoxy) is 2. The van der Waals surface area contributed by atoms with Crippen LogP contribution in [0.1, 0.15) is 12.8 Å². The zero-order chi connectivity index (χ0) is 16.8. The molecule has 2 aliphatic heterocycles. The maximum absolute atomic E-state index is 12.5. The maximum Gasteiger partial charge on any atom is 0.251 e. The standard InChI is InChI=1S/C18H27N3O3/c19-14-16-6-7-17(24-16)18(22)21-10-8-20(9-11-21)12-13-23-15-4-2-1-3-5-15/h1-5,16-17H,6-14,19H2/t16-,17+/m1/s1. The van der Waals surface area contributed by atoms with Crippen molar-refractivity contribution in [2.24, 2.45) is 5.73 Å². The van der Waals surface area contributed by atoms with E-state index in [0.717, 1.165) is 51.3 Å². The minimum Gasteiger partial charge on any atom is -0.492 e. The summed E-state index contributed by atoms with van der Waals surface area (Å²) in [6, 6.07) is 9.85. The molecule has 3 rings (SSSR count). The lowest BCUT2D eigenvalue weighted by molar-refractivity contribution is -0.144. The van der Waals surface area contributed by atoms with Crippen molar-refractivity contribution in [3.63, 3.8) is 0 Å². The van der Waals surface area contributed by atoms with Crippen LogP contribution in [0.4, 0.5) is 0 Å². The van der Waals surface area contributed by atoms with Gasteiger partial charge in [-0.1, -0.05) is 18.2 Å². The molecule has 1 amide bonds. The molecular weight excluding hydrogens is 306 g/mol. The van der Waals surface area contributed by atoms with Gasteiger partial charge >= 0.3 is 0 Å².